The summed E-state index contributed by atoms with van der Waals surface area (Å²) in [5.74, 6) is -0.309. The second-order valence-corrected chi connectivity index (χ2v) is 5.67. The van der Waals surface area contributed by atoms with Crippen LogP contribution in [0.25, 0.3) is 11.2 Å². The van der Waals surface area contributed by atoms with Gasteiger partial charge in [-0.25, -0.2) is 4.98 Å². The van der Waals surface area contributed by atoms with Crippen molar-refractivity contribution >= 4 is 62.2 Å². The molecule has 21 heavy (non-hydrogen) atoms. The molecule has 6 nitrogen and oxygen atoms in total. The van der Waals surface area contributed by atoms with E-state index in [2.05, 4.69) is 41.2 Å². The monoisotopic (exact) mass is 385 g/mol. The number of benzene rings is 1. The van der Waals surface area contributed by atoms with Crippen molar-refractivity contribution in [3.05, 3.63) is 44.7 Å². The highest BCUT2D eigenvalue weighted by atomic mass is 79.9. The first kappa shape index (κ1) is 14.2. The summed E-state index contributed by atoms with van der Waals surface area (Å²) in [4.78, 5) is 27.1. The predicted octanol–water partition coefficient (Wildman–Crippen LogP) is 3.67. The molecule has 3 aromatic rings. The molecule has 0 spiro atoms. The zero-order chi connectivity index (χ0) is 15.0. The zero-order valence-corrected chi connectivity index (χ0v) is 13.3. The van der Waals surface area contributed by atoms with E-state index in [0.29, 0.717) is 26.2 Å². The molecule has 0 atom stereocenters. The van der Waals surface area contributed by atoms with E-state index in [4.69, 9.17) is 23.2 Å². The van der Waals surface area contributed by atoms with E-state index in [1.165, 1.54) is 6.33 Å². The lowest BCUT2D eigenvalue weighted by atomic mass is 10.2. The van der Waals surface area contributed by atoms with Gasteiger partial charge in [-0.2, -0.15) is 9.97 Å². The summed E-state index contributed by atoms with van der Waals surface area (Å²) >= 11 is 15.1. The Balaban J connectivity index is 1.92. The number of nitrogens with zero attached hydrogens (tertiary/aromatic N) is 3. The number of aromatic amines is 1. The summed E-state index contributed by atoms with van der Waals surface area (Å²) in [5.41, 5.74) is 1.30. The topological polar surface area (TPSA) is 83.6 Å². The minimum absolute atomic E-state index is 0.0754. The van der Waals surface area contributed by atoms with Crippen LogP contribution in [0.1, 0.15) is 10.4 Å². The summed E-state index contributed by atoms with van der Waals surface area (Å²) in [7, 11) is 0. The molecule has 1 amide bonds. The molecule has 0 radical (unpaired) electrons. The number of hydrogen-bond acceptors (Lipinski definition) is 4. The summed E-state index contributed by atoms with van der Waals surface area (Å²) in [6, 6.07) is 4.84. The molecule has 0 aliphatic carbocycles. The Bertz CT molecular complexity index is 851. The first-order valence-electron chi connectivity index (χ1n) is 5.67. The van der Waals surface area contributed by atoms with Crippen molar-refractivity contribution in [2.24, 2.45) is 0 Å². The number of halogens is 3. The number of carbonyl (C=O) groups is 1. The fourth-order valence-corrected chi connectivity index (χ4v) is 2.78. The molecule has 2 aromatic heterocycles. The summed E-state index contributed by atoms with van der Waals surface area (Å²) in [6.45, 7) is 0. The fourth-order valence-electron chi connectivity index (χ4n) is 1.70. The second kappa shape index (κ2) is 5.59. The van der Waals surface area contributed by atoms with Gasteiger partial charge in [0, 0.05) is 9.50 Å². The third-order valence-electron chi connectivity index (χ3n) is 2.64. The fraction of sp³-hybridized carbons (Fsp3) is 0. The molecule has 106 valence electrons. The van der Waals surface area contributed by atoms with E-state index < -0.39 is 0 Å². The zero-order valence-electron chi connectivity index (χ0n) is 10.2. The lowest BCUT2D eigenvalue weighted by Crippen LogP contribution is -2.15. The molecular weight excluding hydrogens is 381 g/mol. The number of hydrogen-bond donors (Lipinski definition) is 2. The molecule has 0 aliphatic rings. The number of aromatic nitrogens is 4. The number of anilines is 1. The Hall–Kier alpha value is -1.70. The molecule has 0 aliphatic heterocycles. The van der Waals surface area contributed by atoms with E-state index >= 15 is 0 Å². The molecule has 0 saturated carbocycles. The third kappa shape index (κ3) is 2.85. The number of carbonyl (C=O) groups excluding carboxylic acids is 1. The van der Waals surface area contributed by atoms with Crippen LogP contribution in [-0.4, -0.2) is 25.8 Å². The van der Waals surface area contributed by atoms with Crippen molar-refractivity contribution in [3.8, 4) is 0 Å². The standard InChI is InChI=1S/C12H6BrCl2N5O/c13-7-3-5(14)1-2-6(7)11(21)20-12-18-9(15)8-10(19-12)17-4-16-8/h1-4H,(H2,16,17,18,19,20,21). The van der Waals surface area contributed by atoms with Crippen LogP contribution in [0.15, 0.2) is 29.0 Å². The predicted molar refractivity (Wildman–Crippen MR) is 83.8 cm³/mol. The van der Waals surface area contributed by atoms with Crippen LogP contribution in [0.2, 0.25) is 10.2 Å². The van der Waals surface area contributed by atoms with Crippen LogP contribution in [0, 0.1) is 0 Å². The van der Waals surface area contributed by atoms with Crippen molar-refractivity contribution in [2.75, 3.05) is 5.32 Å². The van der Waals surface area contributed by atoms with E-state index in [9.17, 15) is 4.79 Å². The van der Waals surface area contributed by atoms with Gasteiger partial charge in [0.1, 0.15) is 5.52 Å². The first-order valence-corrected chi connectivity index (χ1v) is 7.22. The number of nitrogens with one attached hydrogen (secondary N) is 2. The number of H-pyrrole nitrogens is 1. The van der Waals surface area contributed by atoms with E-state index in [-0.39, 0.29) is 17.0 Å². The van der Waals surface area contributed by atoms with E-state index in [1.54, 1.807) is 18.2 Å². The van der Waals surface area contributed by atoms with Gasteiger partial charge >= 0.3 is 0 Å². The number of fused-ring (bicyclic) bond motifs is 1. The average Bonchev–Trinajstić information content (AvgIpc) is 2.87. The van der Waals surface area contributed by atoms with Gasteiger partial charge in [0.25, 0.3) is 5.91 Å². The van der Waals surface area contributed by atoms with Crippen LogP contribution in [0.4, 0.5) is 5.95 Å². The number of rotatable bonds is 2. The van der Waals surface area contributed by atoms with Gasteiger partial charge in [-0.1, -0.05) is 23.2 Å². The molecule has 9 heteroatoms. The second-order valence-electron chi connectivity index (χ2n) is 4.02. The highest BCUT2D eigenvalue weighted by Crippen LogP contribution is 2.23. The van der Waals surface area contributed by atoms with Gasteiger partial charge in [-0.15, -0.1) is 0 Å². The quantitative estimate of drug-likeness (QED) is 0.658. The van der Waals surface area contributed by atoms with Crippen LogP contribution in [0.3, 0.4) is 0 Å². The molecule has 2 N–H and O–H groups in total. The minimum Gasteiger partial charge on any atom is -0.341 e. The van der Waals surface area contributed by atoms with Gasteiger partial charge in [0.15, 0.2) is 10.8 Å². The Morgan fingerprint density at radius 3 is 2.86 bits per heavy atom. The van der Waals surface area contributed by atoms with Gasteiger partial charge in [0.2, 0.25) is 5.95 Å². The van der Waals surface area contributed by atoms with Crippen molar-refractivity contribution < 1.29 is 4.79 Å². The summed E-state index contributed by atoms with van der Waals surface area (Å²) < 4.78 is 0.569. The van der Waals surface area contributed by atoms with Crippen LogP contribution < -0.4 is 5.32 Å². The molecule has 0 fully saturated rings. The first-order chi connectivity index (χ1) is 10.0. The molecule has 2 heterocycles. The Labute approximate surface area is 137 Å². The molecular formula is C12H6BrCl2N5O. The van der Waals surface area contributed by atoms with Gasteiger partial charge in [-0.3, -0.25) is 10.1 Å². The summed E-state index contributed by atoms with van der Waals surface area (Å²) in [6.07, 6.45) is 1.45. The number of imidazole rings is 1. The van der Waals surface area contributed by atoms with Gasteiger partial charge in [-0.05, 0) is 34.1 Å². The van der Waals surface area contributed by atoms with Crippen molar-refractivity contribution in [3.63, 3.8) is 0 Å². The van der Waals surface area contributed by atoms with Crippen molar-refractivity contribution in [1.29, 1.82) is 0 Å². The third-order valence-corrected chi connectivity index (χ3v) is 3.81. The van der Waals surface area contributed by atoms with Crippen LogP contribution in [0.5, 0.6) is 0 Å². The average molecular weight is 387 g/mol. The van der Waals surface area contributed by atoms with Gasteiger partial charge < -0.3 is 4.98 Å². The highest BCUT2D eigenvalue weighted by Gasteiger charge is 2.14. The van der Waals surface area contributed by atoms with Gasteiger partial charge in [0.05, 0.1) is 11.9 Å². The largest absolute Gasteiger partial charge is 0.341 e. The smallest absolute Gasteiger partial charge is 0.259 e. The lowest BCUT2D eigenvalue weighted by Gasteiger charge is -2.06. The summed E-state index contributed by atoms with van der Waals surface area (Å²) in [5, 5.41) is 3.28. The maximum Gasteiger partial charge on any atom is 0.259 e. The highest BCUT2D eigenvalue weighted by molar-refractivity contribution is 9.10. The normalized spacial score (nSPS) is 10.8. The molecule has 1 aromatic carbocycles. The Morgan fingerprint density at radius 1 is 1.29 bits per heavy atom. The SMILES string of the molecule is O=C(Nc1nc(Cl)c2[nH]cnc2n1)c1ccc(Cl)cc1Br. The molecule has 0 unspecified atom stereocenters. The maximum atomic E-state index is 12.2. The lowest BCUT2D eigenvalue weighted by molar-refractivity contribution is 0.102. The Kier molecular flexibility index (Phi) is 3.79. The molecule has 0 bridgehead atoms. The molecule has 3 rings (SSSR count). The Morgan fingerprint density at radius 2 is 2.10 bits per heavy atom. The van der Waals surface area contributed by atoms with Crippen LogP contribution >= 0.6 is 39.1 Å². The van der Waals surface area contributed by atoms with Crippen molar-refractivity contribution in [1.82, 2.24) is 19.9 Å². The number of amides is 1. The van der Waals surface area contributed by atoms with Crippen molar-refractivity contribution in [2.45, 2.75) is 0 Å². The van der Waals surface area contributed by atoms with E-state index in [0.717, 1.165) is 0 Å². The maximum absolute atomic E-state index is 12.2. The molecule has 0 saturated heterocycles. The van der Waals surface area contributed by atoms with E-state index in [1.807, 2.05) is 0 Å². The van der Waals surface area contributed by atoms with Crippen LogP contribution in [-0.2, 0) is 0 Å². The minimum atomic E-state index is -0.385.